The Morgan fingerprint density at radius 3 is 2.65 bits per heavy atom. The van der Waals surface area contributed by atoms with Gasteiger partial charge in [0.1, 0.15) is 5.82 Å². The molecule has 3 N–H and O–H groups in total. The Balaban J connectivity index is 2.17. The van der Waals surface area contributed by atoms with Crippen LogP contribution in [-0.4, -0.2) is 5.91 Å². The number of hydrogen-bond donors (Lipinski definition) is 2. The summed E-state index contributed by atoms with van der Waals surface area (Å²) in [5.74, 6) is -1.03. The minimum absolute atomic E-state index is 0.00884. The molecule has 0 aliphatic heterocycles. The molecule has 1 atom stereocenters. The molecule has 1 unspecified atom stereocenters. The Morgan fingerprint density at radius 1 is 1.30 bits per heavy atom. The van der Waals surface area contributed by atoms with Crippen molar-refractivity contribution in [2.24, 2.45) is 0 Å². The van der Waals surface area contributed by atoms with Crippen LogP contribution < -0.4 is 11.1 Å². The third-order valence-corrected chi connectivity index (χ3v) is 3.48. The summed E-state index contributed by atoms with van der Waals surface area (Å²) < 4.78 is 14.3. The molecule has 0 radical (unpaired) electrons. The monoisotopic (exact) mass is 336 g/mol. The van der Waals surface area contributed by atoms with E-state index >= 15 is 0 Å². The average Bonchev–Trinajstić information content (AvgIpc) is 2.38. The molecule has 0 aromatic heterocycles. The van der Waals surface area contributed by atoms with Gasteiger partial charge in [0.25, 0.3) is 5.91 Å². The molecule has 3 nitrogen and oxygen atoms in total. The van der Waals surface area contributed by atoms with Gasteiger partial charge >= 0.3 is 0 Å². The van der Waals surface area contributed by atoms with Gasteiger partial charge in [-0.1, -0.05) is 34.1 Å². The third kappa shape index (κ3) is 3.17. The van der Waals surface area contributed by atoms with Gasteiger partial charge in [0, 0.05) is 10.2 Å². The van der Waals surface area contributed by atoms with Gasteiger partial charge < -0.3 is 11.1 Å². The molecular formula is C15H14BrFN2O. The lowest BCUT2D eigenvalue weighted by molar-refractivity contribution is 0.0936. The Hall–Kier alpha value is -1.88. The number of para-hydroxylation sites is 1. The van der Waals surface area contributed by atoms with Crippen LogP contribution in [0, 0.1) is 5.82 Å². The van der Waals surface area contributed by atoms with Crippen molar-refractivity contribution in [3.63, 3.8) is 0 Å². The van der Waals surface area contributed by atoms with E-state index in [1.54, 1.807) is 19.1 Å². The number of nitrogen functional groups attached to an aromatic ring is 1. The van der Waals surface area contributed by atoms with Crippen molar-refractivity contribution >= 4 is 27.5 Å². The number of amides is 1. The molecule has 0 fully saturated rings. The average molecular weight is 337 g/mol. The number of rotatable bonds is 3. The highest BCUT2D eigenvalue weighted by Crippen LogP contribution is 2.21. The summed E-state index contributed by atoms with van der Waals surface area (Å²) in [7, 11) is 0. The van der Waals surface area contributed by atoms with Gasteiger partial charge in [0.15, 0.2) is 0 Å². The summed E-state index contributed by atoms with van der Waals surface area (Å²) in [6.07, 6.45) is 0. The zero-order chi connectivity index (χ0) is 14.7. The molecule has 1 amide bonds. The highest BCUT2D eigenvalue weighted by Gasteiger charge is 2.16. The van der Waals surface area contributed by atoms with E-state index in [2.05, 4.69) is 21.2 Å². The molecule has 0 spiro atoms. The molecule has 0 saturated heterocycles. The van der Waals surface area contributed by atoms with Gasteiger partial charge in [-0.25, -0.2) is 4.39 Å². The molecule has 0 aliphatic rings. The first-order chi connectivity index (χ1) is 9.49. The molecule has 20 heavy (non-hydrogen) atoms. The second-order valence-corrected chi connectivity index (χ2v) is 5.36. The van der Waals surface area contributed by atoms with Gasteiger partial charge in [-0.15, -0.1) is 0 Å². The predicted molar refractivity (Wildman–Crippen MR) is 80.8 cm³/mol. The standard InChI is InChI=1S/C15H14BrFN2O/c1-9(11-4-2-3-5-14(11)18)19-15(20)12-7-6-10(16)8-13(12)17/h2-9H,18H2,1H3,(H,19,20). The van der Waals surface area contributed by atoms with E-state index in [0.717, 1.165) is 5.56 Å². The zero-order valence-corrected chi connectivity index (χ0v) is 12.4. The van der Waals surface area contributed by atoms with Crippen LogP contribution in [0.5, 0.6) is 0 Å². The Labute approximate surface area is 125 Å². The van der Waals surface area contributed by atoms with Crippen LogP contribution in [0.2, 0.25) is 0 Å². The van der Waals surface area contributed by atoms with Crippen LogP contribution in [0.4, 0.5) is 10.1 Å². The van der Waals surface area contributed by atoms with E-state index in [0.29, 0.717) is 10.2 Å². The SMILES string of the molecule is CC(NC(=O)c1ccc(Br)cc1F)c1ccccc1N. The second kappa shape index (κ2) is 6.05. The molecule has 0 aliphatic carbocycles. The van der Waals surface area contributed by atoms with E-state index in [9.17, 15) is 9.18 Å². The van der Waals surface area contributed by atoms with Crippen LogP contribution in [-0.2, 0) is 0 Å². The first-order valence-electron chi connectivity index (χ1n) is 6.09. The fourth-order valence-electron chi connectivity index (χ4n) is 1.93. The lowest BCUT2D eigenvalue weighted by Crippen LogP contribution is -2.27. The van der Waals surface area contributed by atoms with Crippen LogP contribution in [0.1, 0.15) is 28.9 Å². The minimum Gasteiger partial charge on any atom is -0.398 e. The number of nitrogens with one attached hydrogen (secondary N) is 1. The maximum Gasteiger partial charge on any atom is 0.254 e. The molecule has 2 rings (SSSR count). The lowest BCUT2D eigenvalue weighted by Gasteiger charge is -2.16. The first kappa shape index (κ1) is 14.5. The smallest absolute Gasteiger partial charge is 0.254 e. The van der Waals surface area contributed by atoms with E-state index in [1.807, 2.05) is 18.2 Å². The number of hydrogen-bond acceptors (Lipinski definition) is 2. The zero-order valence-electron chi connectivity index (χ0n) is 10.9. The Kier molecular flexibility index (Phi) is 4.39. The van der Waals surface area contributed by atoms with Crippen LogP contribution in [0.3, 0.4) is 0 Å². The molecule has 0 saturated carbocycles. The summed E-state index contributed by atoms with van der Waals surface area (Å²) >= 11 is 3.15. The topological polar surface area (TPSA) is 55.1 Å². The quantitative estimate of drug-likeness (QED) is 0.840. The summed E-state index contributed by atoms with van der Waals surface area (Å²) in [6, 6.07) is 11.3. The Morgan fingerprint density at radius 2 is 2.00 bits per heavy atom. The molecule has 0 heterocycles. The molecular weight excluding hydrogens is 323 g/mol. The number of halogens is 2. The van der Waals surface area contributed by atoms with Crippen molar-refractivity contribution in [1.29, 1.82) is 0 Å². The van der Waals surface area contributed by atoms with Gasteiger partial charge in [0.2, 0.25) is 0 Å². The third-order valence-electron chi connectivity index (χ3n) is 2.99. The number of carbonyl (C=O) groups is 1. The molecule has 0 bridgehead atoms. The van der Waals surface area contributed by atoms with E-state index in [4.69, 9.17) is 5.73 Å². The van der Waals surface area contributed by atoms with Crippen molar-refractivity contribution in [2.45, 2.75) is 13.0 Å². The maximum atomic E-state index is 13.7. The Bertz CT molecular complexity index is 646. The number of anilines is 1. The highest BCUT2D eigenvalue weighted by atomic mass is 79.9. The lowest BCUT2D eigenvalue weighted by atomic mass is 10.1. The molecule has 2 aromatic rings. The molecule has 104 valence electrons. The largest absolute Gasteiger partial charge is 0.398 e. The maximum absolute atomic E-state index is 13.7. The minimum atomic E-state index is -0.565. The van der Waals surface area contributed by atoms with Crippen LogP contribution in [0.25, 0.3) is 0 Å². The summed E-state index contributed by atoms with van der Waals surface area (Å²) in [5, 5.41) is 2.74. The predicted octanol–water partition coefficient (Wildman–Crippen LogP) is 3.66. The second-order valence-electron chi connectivity index (χ2n) is 4.45. The van der Waals surface area contributed by atoms with Crippen molar-refractivity contribution in [2.75, 3.05) is 5.73 Å². The molecule has 2 aromatic carbocycles. The van der Waals surface area contributed by atoms with Gasteiger partial charge in [-0.05, 0) is 36.8 Å². The van der Waals surface area contributed by atoms with Gasteiger partial charge in [-0.3, -0.25) is 4.79 Å². The number of benzene rings is 2. The molecule has 5 heteroatoms. The normalized spacial score (nSPS) is 11.9. The summed E-state index contributed by atoms with van der Waals surface area (Å²) in [6.45, 7) is 1.81. The first-order valence-corrected chi connectivity index (χ1v) is 6.88. The fraction of sp³-hybridized carbons (Fsp3) is 0.133. The van der Waals surface area contributed by atoms with Gasteiger partial charge in [-0.2, -0.15) is 0 Å². The summed E-state index contributed by atoms with van der Waals surface area (Å²) in [4.78, 5) is 12.1. The van der Waals surface area contributed by atoms with Crippen molar-refractivity contribution < 1.29 is 9.18 Å². The number of nitrogens with two attached hydrogens (primary N) is 1. The summed E-state index contributed by atoms with van der Waals surface area (Å²) in [5.41, 5.74) is 7.26. The van der Waals surface area contributed by atoms with Crippen LogP contribution >= 0.6 is 15.9 Å². The van der Waals surface area contributed by atoms with Crippen molar-refractivity contribution in [1.82, 2.24) is 5.32 Å². The van der Waals surface area contributed by atoms with Crippen molar-refractivity contribution in [3.05, 3.63) is 63.9 Å². The van der Waals surface area contributed by atoms with Crippen molar-refractivity contribution in [3.8, 4) is 0 Å². The van der Waals surface area contributed by atoms with Gasteiger partial charge in [0.05, 0.1) is 11.6 Å². The fourth-order valence-corrected chi connectivity index (χ4v) is 2.26. The highest BCUT2D eigenvalue weighted by molar-refractivity contribution is 9.10. The van der Waals surface area contributed by atoms with E-state index < -0.39 is 11.7 Å². The van der Waals surface area contributed by atoms with Crippen LogP contribution in [0.15, 0.2) is 46.9 Å². The number of carbonyl (C=O) groups excluding carboxylic acids is 1. The van der Waals surface area contributed by atoms with E-state index in [-0.39, 0.29) is 11.6 Å². The van der Waals surface area contributed by atoms with E-state index in [1.165, 1.54) is 12.1 Å².